The lowest BCUT2D eigenvalue weighted by Gasteiger charge is -2.25. The number of benzene rings is 2. The second kappa shape index (κ2) is 8.19. The SMILES string of the molecule is COc1ccc(C2CCCN2CC(=O)Nc2cccc(F)c2)cc1OC. The van der Waals surface area contributed by atoms with Crippen molar-refractivity contribution in [2.24, 2.45) is 0 Å². The van der Waals surface area contributed by atoms with Crippen molar-refractivity contribution in [1.82, 2.24) is 4.90 Å². The van der Waals surface area contributed by atoms with Gasteiger partial charge in [0.15, 0.2) is 11.5 Å². The lowest BCUT2D eigenvalue weighted by atomic mass is 10.0. The van der Waals surface area contributed by atoms with Gasteiger partial charge in [-0.1, -0.05) is 12.1 Å². The van der Waals surface area contributed by atoms with Crippen LogP contribution in [0, 0.1) is 5.82 Å². The van der Waals surface area contributed by atoms with E-state index in [0.717, 1.165) is 24.9 Å². The van der Waals surface area contributed by atoms with Gasteiger partial charge in [-0.25, -0.2) is 4.39 Å². The van der Waals surface area contributed by atoms with Gasteiger partial charge in [-0.05, 0) is 55.3 Å². The fraction of sp³-hybridized carbons (Fsp3) is 0.350. The predicted molar refractivity (Wildman–Crippen MR) is 98.1 cm³/mol. The number of rotatable bonds is 6. The highest BCUT2D eigenvalue weighted by Crippen LogP contribution is 2.36. The van der Waals surface area contributed by atoms with E-state index in [9.17, 15) is 9.18 Å². The average Bonchev–Trinajstić information content (AvgIpc) is 3.09. The molecule has 0 aliphatic carbocycles. The first-order valence-corrected chi connectivity index (χ1v) is 8.62. The third-order valence-corrected chi connectivity index (χ3v) is 4.61. The third kappa shape index (κ3) is 4.14. The molecule has 0 saturated carbocycles. The maximum Gasteiger partial charge on any atom is 0.238 e. The average molecular weight is 358 g/mol. The van der Waals surface area contributed by atoms with Crippen molar-refractivity contribution in [1.29, 1.82) is 0 Å². The van der Waals surface area contributed by atoms with Crippen LogP contribution in [0.3, 0.4) is 0 Å². The van der Waals surface area contributed by atoms with E-state index in [-0.39, 0.29) is 24.3 Å². The van der Waals surface area contributed by atoms with Crippen molar-refractivity contribution in [3.05, 3.63) is 53.8 Å². The van der Waals surface area contributed by atoms with Crippen LogP contribution in [0.2, 0.25) is 0 Å². The molecule has 1 aliphatic rings. The minimum atomic E-state index is -0.368. The molecule has 1 saturated heterocycles. The molecular formula is C20H23FN2O3. The highest BCUT2D eigenvalue weighted by Gasteiger charge is 2.28. The Hall–Kier alpha value is -2.60. The number of ether oxygens (including phenoxy) is 2. The summed E-state index contributed by atoms with van der Waals surface area (Å²) in [5, 5.41) is 2.76. The van der Waals surface area contributed by atoms with Crippen molar-refractivity contribution in [2.45, 2.75) is 18.9 Å². The number of anilines is 1. The molecule has 26 heavy (non-hydrogen) atoms. The molecule has 0 aromatic heterocycles. The highest BCUT2D eigenvalue weighted by atomic mass is 19.1. The standard InChI is InChI=1S/C20H23FN2O3/c1-25-18-9-8-14(11-19(18)26-2)17-7-4-10-23(17)13-20(24)22-16-6-3-5-15(21)12-16/h3,5-6,8-9,11-12,17H,4,7,10,13H2,1-2H3,(H,22,24). The number of amides is 1. The molecular weight excluding hydrogens is 335 g/mol. The summed E-state index contributed by atoms with van der Waals surface area (Å²) < 4.78 is 23.9. The van der Waals surface area contributed by atoms with E-state index < -0.39 is 0 Å². The van der Waals surface area contributed by atoms with Gasteiger partial charge in [0.25, 0.3) is 0 Å². The molecule has 2 aromatic rings. The Kier molecular flexibility index (Phi) is 5.73. The van der Waals surface area contributed by atoms with E-state index in [4.69, 9.17) is 9.47 Å². The minimum absolute atomic E-state index is 0.146. The van der Waals surface area contributed by atoms with E-state index in [2.05, 4.69) is 10.2 Å². The van der Waals surface area contributed by atoms with Crippen LogP contribution in [0.25, 0.3) is 0 Å². The fourth-order valence-corrected chi connectivity index (χ4v) is 3.40. The molecule has 1 aliphatic heterocycles. The third-order valence-electron chi connectivity index (χ3n) is 4.61. The van der Waals surface area contributed by atoms with E-state index in [1.54, 1.807) is 26.4 Å². The molecule has 2 aromatic carbocycles. The van der Waals surface area contributed by atoms with Gasteiger partial charge in [0.2, 0.25) is 5.91 Å². The van der Waals surface area contributed by atoms with Gasteiger partial charge in [-0.15, -0.1) is 0 Å². The van der Waals surface area contributed by atoms with Crippen LogP contribution in [0.4, 0.5) is 10.1 Å². The number of likely N-dealkylation sites (tertiary alicyclic amines) is 1. The maximum atomic E-state index is 13.3. The number of halogens is 1. The number of carbonyl (C=O) groups is 1. The van der Waals surface area contributed by atoms with Crippen LogP contribution in [0.15, 0.2) is 42.5 Å². The van der Waals surface area contributed by atoms with Crippen LogP contribution in [-0.4, -0.2) is 38.1 Å². The summed E-state index contributed by atoms with van der Waals surface area (Å²) in [4.78, 5) is 14.5. The van der Waals surface area contributed by atoms with E-state index in [0.29, 0.717) is 17.2 Å². The zero-order valence-electron chi connectivity index (χ0n) is 15.0. The molecule has 1 heterocycles. The number of methoxy groups -OCH3 is 2. The molecule has 138 valence electrons. The Labute approximate surface area is 152 Å². The van der Waals surface area contributed by atoms with Crippen LogP contribution >= 0.6 is 0 Å². The van der Waals surface area contributed by atoms with Crippen molar-refractivity contribution in [3.63, 3.8) is 0 Å². The van der Waals surface area contributed by atoms with Crippen LogP contribution < -0.4 is 14.8 Å². The summed E-state index contributed by atoms with van der Waals surface area (Å²) in [6, 6.07) is 11.9. The van der Waals surface area contributed by atoms with Gasteiger partial charge in [0, 0.05) is 11.7 Å². The molecule has 0 bridgehead atoms. The van der Waals surface area contributed by atoms with Gasteiger partial charge in [-0.3, -0.25) is 9.69 Å². The lowest BCUT2D eigenvalue weighted by Crippen LogP contribution is -2.33. The van der Waals surface area contributed by atoms with Crippen LogP contribution in [0.1, 0.15) is 24.4 Å². The van der Waals surface area contributed by atoms with Gasteiger partial charge in [0.05, 0.1) is 20.8 Å². The van der Waals surface area contributed by atoms with Crippen molar-refractivity contribution < 1.29 is 18.7 Å². The molecule has 6 heteroatoms. The van der Waals surface area contributed by atoms with E-state index in [1.165, 1.54) is 12.1 Å². The summed E-state index contributed by atoms with van der Waals surface area (Å²) in [5.74, 6) is 0.848. The number of nitrogens with one attached hydrogen (secondary N) is 1. The fourth-order valence-electron chi connectivity index (χ4n) is 3.40. The summed E-state index contributed by atoms with van der Waals surface area (Å²) in [7, 11) is 3.22. The summed E-state index contributed by atoms with van der Waals surface area (Å²) in [6.45, 7) is 1.10. The normalized spacial score (nSPS) is 17.1. The summed E-state index contributed by atoms with van der Waals surface area (Å²) in [6.07, 6.45) is 2.00. The quantitative estimate of drug-likeness (QED) is 0.857. The Morgan fingerprint density at radius 2 is 2.00 bits per heavy atom. The summed E-state index contributed by atoms with van der Waals surface area (Å²) in [5.41, 5.74) is 1.57. The molecule has 0 radical (unpaired) electrons. The molecule has 1 amide bonds. The van der Waals surface area contributed by atoms with Gasteiger partial charge in [-0.2, -0.15) is 0 Å². The zero-order valence-corrected chi connectivity index (χ0v) is 15.0. The van der Waals surface area contributed by atoms with Gasteiger partial charge < -0.3 is 14.8 Å². The molecule has 1 unspecified atom stereocenters. The van der Waals surface area contributed by atoms with Crippen molar-refractivity contribution >= 4 is 11.6 Å². The largest absolute Gasteiger partial charge is 0.493 e. The van der Waals surface area contributed by atoms with Crippen molar-refractivity contribution in [2.75, 3.05) is 32.6 Å². The topological polar surface area (TPSA) is 50.8 Å². The first-order chi connectivity index (χ1) is 12.6. The zero-order chi connectivity index (χ0) is 18.5. The Balaban J connectivity index is 1.69. The second-order valence-corrected chi connectivity index (χ2v) is 6.30. The summed E-state index contributed by atoms with van der Waals surface area (Å²) >= 11 is 0. The van der Waals surface area contributed by atoms with E-state index in [1.807, 2.05) is 18.2 Å². The van der Waals surface area contributed by atoms with E-state index >= 15 is 0 Å². The minimum Gasteiger partial charge on any atom is -0.493 e. The van der Waals surface area contributed by atoms with Crippen molar-refractivity contribution in [3.8, 4) is 11.5 Å². The first kappa shape index (κ1) is 18.2. The molecule has 1 atom stereocenters. The molecule has 3 rings (SSSR count). The van der Waals surface area contributed by atoms with Crippen LogP contribution in [-0.2, 0) is 4.79 Å². The highest BCUT2D eigenvalue weighted by molar-refractivity contribution is 5.92. The second-order valence-electron chi connectivity index (χ2n) is 6.30. The maximum absolute atomic E-state index is 13.3. The molecule has 5 nitrogen and oxygen atoms in total. The number of hydrogen-bond acceptors (Lipinski definition) is 4. The monoisotopic (exact) mass is 358 g/mol. The predicted octanol–water partition coefficient (Wildman–Crippen LogP) is 3.62. The van der Waals surface area contributed by atoms with Gasteiger partial charge >= 0.3 is 0 Å². The lowest BCUT2D eigenvalue weighted by molar-refractivity contribution is -0.117. The van der Waals surface area contributed by atoms with Gasteiger partial charge in [0.1, 0.15) is 5.82 Å². The molecule has 1 fully saturated rings. The molecule has 1 N–H and O–H groups in total. The smallest absolute Gasteiger partial charge is 0.238 e. The number of carbonyl (C=O) groups excluding carboxylic acids is 1. The first-order valence-electron chi connectivity index (χ1n) is 8.62. The van der Waals surface area contributed by atoms with Crippen LogP contribution in [0.5, 0.6) is 11.5 Å². The Morgan fingerprint density at radius 1 is 1.19 bits per heavy atom. The Morgan fingerprint density at radius 3 is 2.73 bits per heavy atom. The Bertz CT molecular complexity index is 781. The number of nitrogens with zero attached hydrogens (tertiary/aromatic N) is 1. The number of hydrogen-bond donors (Lipinski definition) is 1. The molecule has 0 spiro atoms.